The van der Waals surface area contributed by atoms with Crippen molar-refractivity contribution in [1.82, 2.24) is 24.6 Å². The molecule has 1 fully saturated rings. The van der Waals surface area contributed by atoms with E-state index in [0.717, 1.165) is 48.7 Å². The minimum atomic E-state index is 0.208. The molecule has 1 aliphatic heterocycles. The van der Waals surface area contributed by atoms with E-state index in [1.165, 1.54) is 0 Å². The van der Waals surface area contributed by atoms with Crippen molar-refractivity contribution in [3.8, 4) is 11.4 Å². The zero-order chi connectivity index (χ0) is 19.3. The van der Waals surface area contributed by atoms with Gasteiger partial charge < -0.3 is 4.90 Å². The molecule has 28 heavy (non-hydrogen) atoms. The average molecular weight is 375 g/mol. The first-order valence-corrected chi connectivity index (χ1v) is 9.85. The summed E-state index contributed by atoms with van der Waals surface area (Å²) in [5, 5.41) is 4.34. The van der Waals surface area contributed by atoms with E-state index < -0.39 is 0 Å². The summed E-state index contributed by atoms with van der Waals surface area (Å²) in [5.74, 6) is 1.36. The summed E-state index contributed by atoms with van der Waals surface area (Å²) >= 11 is 0. The van der Waals surface area contributed by atoms with E-state index in [1.54, 1.807) is 0 Å². The Bertz CT molecular complexity index is 929. The first kappa shape index (κ1) is 18.3. The van der Waals surface area contributed by atoms with Crippen molar-refractivity contribution >= 4 is 5.91 Å². The number of amides is 1. The lowest BCUT2D eigenvalue weighted by Crippen LogP contribution is -2.38. The standard InChI is InChI=1S/C22H25N5O/c1-17-8-15-27(25-17)16-11-21(28)26-13-9-18(10-14-26)20-7-12-23-22(24-20)19-5-3-2-4-6-19/h2-8,12,15,18H,9-11,13-14,16H2,1H3. The molecule has 1 amide bonds. The van der Waals surface area contributed by atoms with E-state index in [2.05, 4.69) is 10.1 Å². The fraction of sp³-hybridized carbons (Fsp3) is 0.364. The van der Waals surface area contributed by atoms with Crippen LogP contribution in [0.2, 0.25) is 0 Å². The van der Waals surface area contributed by atoms with Gasteiger partial charge >= 0.3 is 0 Å². The van der Waals surface area contributed by atoms with Crippen molar-refractivity contribution in [1.29, 1.82) is 0 Å². The molecule has 6 heteroatoms. The molecule has 1 aliphatic rings. The van der Waals surface area contributed by atoms with E-state index in [1.807, 2.05) is 71.4 Å². The topological polar surface area (TPSA) is 63.9 Å². The number of benzene rings is 1. The number of likely N-dealkylation sites (tertiary alicyclic amines) is 1. The molecule has 3 aromatic rings. The summed E-state index contributed by atoms with van der Waals surface area (Å²) in [7, 11) is 0. The highest BCUT2D eigenvalue weighted by molar-refractivity contribution is 5.76. The Kier molecular flexibility index (Phi) is 5.46. The number of carbonyl (C=O) groups excluding carboxylic acids is 1. The van der Waals surface area contributed by atoms with Gasteiger partial charge in [0.15, 0.2) is 5.82 Å². The smallest absolute Gasteiger partial charge is 0.224 e. The van der Waals surface area contributed by atoms with Gasteiger partial charge in [0.1, 0.15) is 0 Å². The third-order valence-electron chi connectivity index (χ3n) is 5.30. The van der Waals surface area contributed by atoms with Gasteiger partial charge in [0.05, 0.1) is 5.69 Å². The molecule has 0 bridgehead atoms. The van der Waals surface area contributed by atoms with E-state index >= 15 is 0 Å². The molecule has 3 heterocycles. The largest absolute Gasteiger partial charge is 0.343 e. The second kappa shape index (κ2) is 8.33. The van der Waals surface area contributed by atoms with Gasteiger partial charge in [-0.05, 0) is 31.9 Å². The molecule has 4 rings (SSSR count). The van der Waals surface area contributed by atoms with E-state index in [0.29, 0.717) is 18.9 Å². The van der Waals surface area contributed by atoms with Crippen LogP contribution in [0.3, 0.4) is 0 Å². The molecular weight excluding hydrogens is 350 g/mol. The van der Waals surface area contributed by atoms with Crippen LogP contribution in [0.5, 0.6) is 0 Å². The van der Waals surface area contributed by atoms with Gasteiger partial charge in [-0.25, -0.2) is 9.97 Å². The van der Waals surface area contributed by atoms with Gasteiger partial charge in [-0.3, -0.25) is 9.48 Å². The molecule has 0 atom stereocenters. The summed E-state index contributed by atoms with van der Waals surface area (Å²) in [6.45, 7) is 4.16. The highest BCUT2D eigenvalue weighted by Gasteiger charge is 2.24. The molecule has 2 aromatic heterocycles. The molecule has 0 saturated carbocycles. The second-order valence-corrected chi connectivity index (χ2v) is 7.30. The minimum Gasteiger partial charge on any atom is -0.343 e. The van der Waals surface area contributed by atoms with Crippen LogP contribution in [0.1, 0.15) is 36.6 Å². The van der Waals surface area contributed by atoms with E-state index in [9.17, 15) is 4.79 Å². The van der Waals surface area contributed by atoms with E-state index in [-0.39, 0.29) is 5.91 Å². The molecule has 0 radical (unpaired) electrons. The number of rotatable bonds is 5. The summed E-state index contributed by atoms with van der Waals surface area (Å²) in [4.78, 5) is 23.7. The Labute approximate surface area is 165 Å². The monoisotopic (exact) mass is 375 g/mol. The number of nitrogens with zero attached hydrogens (tertiary/aromatic N) is 5. The third-order valence-corrected chi connectivity index (χ3v) is 5.30. The first-order valence-electron chi connectivity index (χ1n) is 9.85. The lowest BCUT2D eigenvalue weighted by atomic mass is 9.93. The maximum absolute atomic E-state index is 12.5. The van der Waals surface area contributed by atoms with Gasteiger partial charge in [-0.2, -0.15) is 5.10 Å². The normalized spacial score (nSPS) is 15.0. The molecule has 0 aliphatic carbocycles. The number of carbonyl (C=O) groups is 1. The second-order valence-electron chi connectivity index (χ2n) is 7.30. The van der Waals surface area contributed by atoms with Crippen LogP contribution in [0.25, 0.3) is 11.4 Å². The van der Waals surface area contributed by atoms with Crippen LogP contribution in [0, 0.1) is 6.92 Å². The lowest BCUT2D eigenvalue weighted by Gasteiger charge is -2.32. The summed E-state index contributed by atoms with van der Waals surface area (Å²) in [5.41, 5.74) is 3.09. The van der Waals surface area contributed by atoms with Gasteiger partial charge in [0.2, 0.25) is 5.91 Å². The molecular formula is C22H25N5O. The number of piperidine rings is 1. The van der Waals surface area contributed by atoms with Crippen molar-refractivity contribution in [3.63, 3.8) is 0 Å². The predicted molar refractivity (Wildman–Crippen MR) is 108 cm³/mol. The van der Waals surface area contributed by atoms with E-state index in [4.69, 9.17) is 4.98 Å². The fourth-order valence-electron chi connectivity index (χ4n) is 3.71. The Hall–Kier alpha value is -3.02. The zero-order valence-corrected chi connectivity index (χ0v) is 16.2. The third kappa shape index (κ3) is 4.27. The quantitative estimate of drug-likeness (QED) is 0.685. The maximum Gasteiger partial charge on any atom is 0.224 e. The number of hydrogen-bond acceptors (Lipinski definition) is 4. The zero-order valence-electron chi connectivity index (χ0n) is 16.2. The predicted octanol–water partition coefficient (Wildman–Crippen LogP) is 3.44. The Balaban J connectivity index is 1.33. The number of aryl methyl sites for hydroxylation is 2. The molecule has 144 valence electrons. The molecule has 6 nitrogen and oxygen atoms in total. The van der Waals surface area contributed by atoms with Crippen molar-refractivity contribution in [2.75, 3.05) is 13.1 Å². The van der Waals surface area contributed by atoms with Crippen LogP contribution >= 0.6 is 0 Å². The molecule has 0 spiro atoms. The van der Waals surface area contributed by atoms with Gasteiger partial charge in [-0.1, -0.05) is 30.3 Å². The molecule has 0 unspecified atom stereocenters. The van der Waals surface area contributed by atoms with Crippen LogP contribution in [0.4, 0.5) is 0 Å². The van der Waals surface area contributed by atoms with Crippen molar-refractivity contribution < 1.29 is 4.79 Å². The number of aromatic nitrogens is 4. The van der Waals surface area contributed by atoms with Gasteiger partial charge in [0.25, 0.3) is 0 Å². The molecule has 0 N–H and O–H groups in total. The molecule has 1 saturated heterocycles. The summed E-state index contributed by atoms with van der Waals surface area (Å²) in [6, 6.07) is 14.0. The van der Waals surface area contributed by atoms with Gasteiger partial charge in [-0.15, -0.1) is 0 Å². The number of hydrogen-bond donors (Lipinski definition) is 0. The van der Waals surface area contributed by atoms with Crippen LogP contribution in [0.15, 0.2) is 54.9 Å². The maximum atomic E-state index is 12.5. The Morgan fingerprint density at radius 2 is 1.89 bits per heavy atom. The fourth-order valence-corrected chi connectivity index (χ4v) is 3.71. The van der Waals surface area contributed by atoms with Crippen LogP contribution < -0.4 is 0 Å². The highest BCUT2D eigenvalue weighted by atomic mass is 16.2. The minimum absolute atomic E-state index is 0.208. The summed E-state index contributed by atoms with van der Waals surface area (Å²) < 4.78 is 1.84. The highest BCUT2D eigenvalue weighted by Crippen LogP contribution is 2.28. The first-order chi connectivity index (χ1) is 13.7. The van der Waals surface area contributed by atoms with Crippen molar-refractivity contribution in [2.45, 2.75) is 38.6 Å². The average Bonchev–Trinajstić information content (AvgIpc) is 3.18. The Morgan fingerprint density at radius 1 is 1.11 bits per heavy atom. The van der Waals surface area contributed by atoms with Crippen molar-refractivity contribution in [3.05, 3.63) is 66.2 Å². The van der Waals surface area contributed by atoms with Crippen LogP contribution in [-0.2, 0) is 11.3 Å². The molecule has 1 aromatic carbocycles. The SMILES string of the molecule is Cc1ccn(CCC(=O)N2CCC(c3ccnc(-c4ccccc4)n3)CC2)n1. The summed E-state index contributed by atoms with van der Waals surface area (Å²) in [6.07, 6.45) is 6.15. The van der Waals surface area contributed by atoms with Gasteiger partial charge in [0, 0.05) is 55.6 Å². The Morgan fingerprint density at radius 3 is 2.61 bits per heavy atom. The van der Waals surface area contributed by atoms with Crippen molar-refractivity contribution in [2.24, 2.45) is 0 Å². The lowest BCUT2D eigenvalue weighted by molar-refractivity contribution is -0.132. The van der Waals surface area contributed by atoms with Crippen LogP contribution in [-0.4, -0.2) is 43.6 Å².